The highest BCUT2D eigenvalue weighted by atomic mass is 16.3. The molecule has 0 bridgehead atoms. The second-order valence-corrected chi connectivity index (χ2v) is 4.53. The van der Waals surface area contributed by atoms with Crippen molar-refractivity contribution in [1.82, 2.24) is 9.78 Å². The molecule has 106 valence electrons. The molecule has 0 aliphatic carbocycles. The lowest BCUT2D eigenvalue weighted by Gasteiger charge is -2.23. The smallest absolute Gasteiger partial charge is 0.276 e. The number of carbonyl (C=O) groups is 1. The Labute approximate surface area is 117 Å². The van der Waals surface area contributed by atoms with Crippen LogP contribution in [-0.4, -0.2) is 33.9 Å². The van der Waals surface area contributed by atoms with E-state index in [1.807, 2.05) is 6.92 Å². The molecule has 1 heterocycles. The molecule has 6 heteroatoms. The van der Waals surface area contributed by atoms with E-state index in [-0.39, 0.29) is 19.1 Å². The molecule has 1 aromatic carbocycles. The summed E-state index contributed by atoms with van der Waals surface area (Å²) in [6, 6.07) is 8.80. The molecular weight excluding hydrogens is 256 g/mol. The van der Waals surface area contributed by atoms with Gasteiger partial charge in [0.25, 0.3) is 5.91 Å². The van der Waals surface area contributed by atoms with E-state index in [0.717, 1.165) is 5.69 Å². The molecule has 0 aliphatic heterocycles. The molecule has 2 aromatic rings. The van der Waals surface area contributed by atoms with Crippen LogP contribution in [0.5, 0.6) is 0 Å². The lowest BCUT2D eigenvalue weighted by Crippen LogP contribution is -2.35. The Balaban J connectivity index is 2.41. The predicted octanol–water partition coefficient (Wildman–Crippen LogP) is 0.950. The molecule has 0 fully saturated rings. The van der Waals surface area contributed by atoms with Gasteiger partial charge in [0.1, 0.15) is 5.69 Å². The van der Waals surface area contributed by atoms with E-state index >= 15 is 0 Å². The fourth-order valence-electron chi connectivity index (χ4n) is 2.11. The summed E-state index contributed by atoms with van der Waals surface area (Å²) in [4.78, 5) is 14.1. The Morgan fingerprint density at radius 1 is 1.45 bits per heavy atom. The summed E-state index contributed by atoms with van der Waals surface area (Å²) in [5.41, 5.74) is 8.22. The number of aliphatic hydroxyl groups excluding tert-OH is 1. The Morgan fingerprint density at radius 3 is 2.70 bits per heavy atom. The van der Waals surface area contributed by atoms with Crippen molar-refractivity contribution in [2.75, 3.05) is 23.8 Å². The molecule has 0 saturated carbocycles. The van der Waals surface area contributed by atoms with Crippen LogP contribution in [0, 0.1) is 6.92 Å². The average Bonchev–Trinajstić information content (AvgIpc) is 2.75. The highest BCUT2D eigenvalue weighted by Crippen LogP contribution is 2.24. The molecule has 3 N–H and O–H groups in total. The van der Waals surface area contributed by atoms with Crippen LogP contribution in [0.4, 0.5) is 11.4 Å². The zero-order valence-electron chi connectivity index (χ0n) is 11.6. The Kier molecular flexibility index (Phi) is 4.05. The lowest BCUT2D eigenvalue weighted by molar-refractivity contribution is 0.0972. The van der Waals surface area contributed by atoms with Crippen LogP contribution in [0.15, 0.2) is 30.3 Å². The van der Waals surface area contributed by atoms with Gasteiger partial charge in [0.2, 0.25) is 0 Å². The maximum atomic E-state index is 12.6. The number of para-hydroxylation sites is 2. The van der Waals surface area contributed by atoms with Gasteiger partial charge in [0.15, 0.2) is 0 Å². The van der Waals surface area contributed by atoms with E-state index in [4.69, 9.17) is 5.73 Å². The third-order valence-corrected chi connectivity index (χ3v) is 3.02. The molecule has 1 aromatic heterocycles. The van der Waals surface area contributed by atoms with Gasteiger partial charge in [0, 0.05) is 13.6 Å². The summed E-state index contributed by atoms with van der Waals surface area (Å²) < 4.78 is 1.53. The van der Waals surface area contributed by atoms with Gasteiger partial charge >= 0.3 is 0 Å². The second kappa shape index (κ2) is 5.75. The zero-order valence-corrected chi connectivity index (χ0v) is 11.6. The van der Waals surface area contributed by atoms with Crippen molar-refractivity contribution in [2.45, 2.75) is 6.92 Å². The maximum Gasteiger partial charge on any atom is 0.276 e. The molecule has 0 saturated heterocycles. The average molecular weight is 274 g/mol. The predicted molar refractivity (Wildman–Crippen MR) is 77.6 cm³/mol. The number of nitrogens with two attached hydrogens (primary N) is 1. The molecule has 0 unspecified atom stereocenters. The van der Waals surface area contributed by atoms with Gasteiger partial charge in [0.05, 0.1) is 23.7 Å². The van der Waals surface area contributed by atoms with Crippen LogP contribution < -0.4 is 10.6 Å². The second-order valence-electron chi connectivity index (χ2n) is 4.53. The molecule has 0 spiro atoms. The van der Waals surface area contributed by atoms with E-state index in [1.54, 1.807) is 37.4 Å². The van der Waals surface area contributed by atoms with Gasteiger partial charge in [-0.25, -0.2) is 0 Å². The highest BCUT2D eigenvalue weighted by molar-refractivity contribution is 6.06. The number of hydrogen-bond donors (Lipinski definition) is 2. The number of nitrogen functional groups attached to an aromatic ring is 1. The van der Waals surface area contributed by atoms with E-state index < -0.39 is 0 Å². The van der Waals surface area contributed by atoms with E-state index in [9.17, 15) is 9.90 Å². The molecule has 0 atom stereocenters. The van der Waals surface area contributed by atoms with E-state index in [2.05, 4.69) is 5.10 Å². The number of amides is 1. The third-order valence-electron chi connectivity index (χ3n) is 3.02. The molecule has 1 amide bonds. The summed E-state index contributed by atoms with van der Waals surface area (Å²) in [7, 11) is 1.71. The van der Waals surface area contributed by atoms with Crippen LogP contribution in [0.3, 0.4) is 0 Å². The molecule has 20 heavy (non-hydrogen) atoms. The molecule has 6 nitrogen and oxygen atoms in total. The minimum Gasteiger partial charge on any atom is -0.397 e. The number of carbonyl (C=O) groups excluding carboxylic acids is 1. The molecule has 0 radical (unpaired) electrons. The number of rotatable bonds is 4. The molecule has 0 aliphatic rings. The van der Waals surface area contributed by atoms with Gasteiger partial charge in [-0.2, -0.15) is 5.10 Å². The first kappa shape index (κ1) is 14.1. The normalized spacial score (nSPS) is 10.6. The number of aromatic nitrogens is 2. The summed E-state index contributed by atoms with van der Waals surface area (Å²) in [5.74, 6) is -0.236. The monoisotopic (exact) mass is 274 g/mol. The fraction of sp³-hybridized carbons (Fsp3) is 0.286. The standard InChI is InChI=1S/C14H18N4O2/c1-10-9-13(17(2)16-10)14(20)18(7-8-19)12-6-4-3-5-11(12)15/h3-6,9,19H,7-8,15H2,1-2H3. The topological polar surface area (TPSA) is 84.4 Å². The Hall–Kier alpha value is -2.34. The van der Waals surface area contributed by atoms with Crippen molar-refractivity contribution in [1.29, 1.82) is 0 Å². The third kappa shape index (κ3) is 2.65. The van der Waals surface area contributed by atoms with Crippen LogP contribution in [0.2, 0.25) is 0 Å². The summed E-state index contributed by atoms with van der Waals surface area (Å²) in [5, 5.41) is 13.4. The van der Waals surface area contributed by atoms with Crippen LogP contribution in [-0.2, 0) is 7.05 Å². The molecular formula is C14H18N4O2. The van der Waals surface area contributed by atoms with Crippen molar-refractivity contribution in [3.63, 3.8) is 0 Å². The summed E-state index contributed by atoms with van der Waals surface area (Å²) in [6.45, 7) is 1.86. The number of benzene rings is 1. The highest BCUT2D eigenvalue weighted by Gasteiger charge is 2.22. The number of nitrogens with zero attached hydrogens (tertiary/aromatic N) is 3. The Bertz CT molecular complexity index is 621. The van der Waals surface area contributed by atoms with Gasteiger partial charge in [-0.15, -0.1) is 0 Å². The zero-order chi connectivity index (χ0) is 14.7. The maximum absolute atomic E-state index is 12.6. The summed E-state index contributed by atoms with van der Waals surface area (Å²) in [6.07, 6.45) is 0. The van der Waals surface area contributed by atoms with E-state index in [0.29, 0.717) is 17.1 Å². The lowest BCUT2D eigenvalue weighted by atomic mass is 10.2. The van der Waals surface area contributed by atoms with Crippen molar-refractivity contribution < 1.29 is 9.90 Å². The SMILES string of the molecule is Cc1cc(C(=O)N(CCO)c2ccccc2N)n(C)n1. The number of hydrogen-bond acceptors (Lipinski definition) is 4. The fourth-order valence-corrected chi connectivity index (χ4v) is 2.11. The van der Waals surface area contributed by atoms with Gasteiger partial charge < -0.3 is 15.7 Å². The van der Waals surface area contributed by atoms with Crippen molar-refractivity contribution in [2.24, 2.45) is 7.05 Å². The Morgan fingerprint density at radius 2 is 2.15 bits per heavy atom. The minimum atomic E-state index is -0.236. The van der Waals surface area contributed by atoms with E-state index in [1.165, 1.54) is 9.58 Å². The first-order valence-electron chi connectivity index (χ1n) is 6.32. The van der Waals surface area contributed by atoms with Crippen LogP contribution in [0.1, 0.15) is 16.2 Å². The van der Waals surface area contributed by atoms with Gasteiger partial charge in [-0.1, -0.05) is 12.1 Å². The van der Waals surface area contributed by atoms with Crippen molar-refractivity contribution in [3.05, 3.63) is 41.7 Å². The van der Waals surface area contributed by atoms with Crippen molar-refractivity contribution >= 4 is 17.3 Å². The quantitative estimate of drug-likeness (QED) is 0.813. The van der Waals surface area contributed by atoms with Crippen LogP contribution in [0.25, 0.3) is 0 Å². The molecule has 2 rings (SSSR count). The largest absolute Gasteiger partial charge is 0.397 e. The first-order valence-corrected chi connectivity index (χ1v) is 6.32. The number of anilines is 2. The number of aliphatic hydroxyl groups is 1. The summed E-state index contributed by atoms with van der Waals surface area (Å²) >= 11 is 0. The van der Waals surface area contributed by atoms with Crippen LogP contribution >= 0.6 is 0 Å². The number of aryl methyl sites for hydroxylation is 2. The van der Waals surface area contributed by atoms with Gasteiger partial charge in [-0.3, -0.25) is 9.48 Å². The van der Waals surface area contributed by atoms with Gasteiger partial charge in [-0.05, 0) is 25.1 Å². The van der Waals surface area contributed by atoms with Crippen molar-refractivity contribution in [3.8, 4) is 0 Å². The first-order chi connectivity index (χ1) is 9.54. The minimum absolute atomic E-state index is 0.142.